The summed E-state index contributed by atoms with van der Waals surface area (Å²) in [5.41, 5.74) is 2.37. The summed E-state index contributed by atoms with van der Waals surface area (Å²) in [5.74, 6) is 0.0168. The van der Waals surface area contributed by atoms with Crippen molar-refractivity contribution in [2.75, 3.05) is 12.4 Å². The third-order valence-electron chi connectivity index (χ3n) is 5.43. The highest BCUT2D eigenvalue weighted by atomic mass is 35.5. The summed E-state index contributed by atoms with van der Waals surface area (Å²) in [6, 6.07) is 19.3. The topological polar surface area (TPSA) is 77.6 Å². The van der Waals surface area contributed by atoms with E-state index >= 15 is 0 Å². The lowest BCUT2D eigenvalue weighted by Crippen LogP contribution is -2.21. The quantitative estimate of drug-likeness (QED) is 0.397. The van der Waals surface area contributed by atoms with Crippen LogP contribution in [0, 0.1) is 5.82 Å². The number of ether oxygens (including phenoxy) is 1. The normalized spacial score (nSPS) is 11.1. The van der Waals surface area contributed by atoms with Gasteiger partial charge in [0.2, 0.25) is 11.7 Å². The molecule has 0 spiro atoms. The Balaban J connectivity index is 1.62. The van der Waals surface area contributed by atoms with Crippen molar-refractivity contribution in [3.05, 3.63) is 94.0 Å². The number of nitrogens with zero attached hydrogens (tertiary/aromatic N) is 3. The van der Waals surface area contributed by atoms with Gasteiger partial charge in [-0.3, -0.25) is 9.59 Å². The van der Waals surface area contributed by atoms with Crippen LogP contribution in [0.2, 0.25) is 5.02 Å². The van der Waals surface area contributed by atoms with Crippen molar-refractivity contribution in [3.8, 4) is 17.0 Å². The fourth-order valence-corrected chi connectivity index (χ4v) is 4.07. The first kappa shape index (κ1) is 21.7. The van der Waals surface area contributed by atoms with E-state index in [1.54, 1.807) is 41.0 Å². The van der Waals surface area contributed by atoms with Crippen molar-refractivity contribution in [2.45, 2.75) is 6.54 Å². The zero-order valence-electron chi connectivity index (χ0n) is 18.0. The molecule has 2 aromatic heterocycles. The van der Waals surface area contributed by atoms with Crippen LogP contribution in [0.25, 0.3) is 28.1 Å². The number of carbonyl (C=O) groups is 1. The summed E-state index contributed by atoms with van der Waals surface area (Å²) < 4.78 is 21.8. The molecule has 0 saturated heterocycles. The van der Waals surface area contributed by atoms with Gasteiger partial charge in [0, 0.05) is 16.7 Å². The molecule has 1 N–H and O–H groups in total. The van der Waals surface area contributed by atoms with Crippen LogP contribution in [0.3, 0.4) is 0 Å². The van der Waals surface area contributed by atoms with Gasteiger partial charge in [-0.15, -0.1) is 0 Å². The number of imidazole rings is 1. The lowest BCUT2D eigenvalue weighted by atomic mass is 10.1. The number of amides is 1. The molecule has 0 aliphatic heterocycles. The van der Waals surface area contributed by atoms with Gasteiger partial charge in [-0.2, -0.15) is 0 Å². The van der Waals surface area contributed by atoms with Gasteiger partial charge in [0.1, 0.15) is 18.1 Å². The summed E-state index contributed by atoms with van der Waals surface area (Å²) in [5, 5.41) is 3.26. The molecule has 9 heteroatoms. The summed E-state index contributed by atoms with van der Waals surface area (Å²) >= 11 is 6.08. The lowest BCUT2D eigenvalue weighted by molar-refractivity contribution is -0.116. The Morgan fingerprint density at radius 2 is 1.79 bits per heavy atom. The molecule has 0 bridgehead atoms. The van der Waals surface area contributed by atoms with E-state index in [4.69, 9.17) is 16.3 Å². The number of halogens is 2. The van der Waals surface area contributed by atoms with Crippen LogP contribution >= 0.6 is 11.6 Å². The van der Waals surface area contributed by atoms with Gasteiger partial charge < -0.3 is 14.6 Å². The van der Waals surface area contributed by atoms with Crippen molar-refractivity contribution in [1.29, 1.82) is 0 Å². The van der Waals surface area contributed by atoms with E-state index in [0.29, 0.717) is 44.5 Å². The molecule has 2 heterocycles. The number of hydrogen-bond donors (Lipinski definition) is 1. The zero-order chi connectivity index (χ0) is 23.8. The Kier molecular flexibility index (Phi) is 5.51. The Hall–Kier alpha value is -4.17. The lowest BCUT2D eigenvalue weighted by Gasteiger charge is -2.12. The van der Waals surface area contributed by atoms with E-state index in [-0.39, 0.29) is 23.8 Å². The first-order chi connectivity index (χ1) is 16.4. The standard InChI is InChI=1S/C25H18ClFN4O3/c1-34-22-11-8-16(26)12-19(22)28-23(32)14-30-20-4-2-3-5-21(20)31-24(33)13-18(29-25(30)31)15-6-9-17(27)10-7-15/h2-13H,14H2,1H3,(H,28,32). The summed E-state index contributed by atoms with van der Waals surface area (Å²) in [6.07, 6.45) is 0. The molecule has 0 radical (unpaired) electrons. The van der Waals surface area contributed by atoms with E-state index in [0.717, 1.165) is 0 Å². The van der Waals surface area contributed by atoms with Gasteiger partial charge in [-0.05, 0) is 54.6 Å². The number of anilines is 1. The second-order valence-corrected chi connectivity index (χ2v) is 8.03. The SMILES string of the molecule is COc1ccc(Cl)cc1NC(=O)Cn1c2ccccc2n2c(=O)cc(-c3ccc(F)cc3)nc12. The fraction of sp³-hybridized carbons (Fsp3) is 0.0800. The molecule has 7 nitrogen and oxygen atoms in total. The van der Waals surface area contributed by atoms with E-state index in [9.17, 15) is 14.0 Å². The number of aromatic nitrogens is 3. The number of nitrogens with one attached hydrogen (secondary N) is 1. The number of rotatable bonds is 5. The molecular weight excluding hydrogens is 459 g/mol. The predicted octanol–water partition coefficient (Wildman–Crippen LogP) is 4.76. The predicted molar refractivity (Wildman–Crippen MR) is 129 cm³/mol. The average Bonchev–Trinajstić information content (AvgIpc) is 3.13. The van der Waals surface area contributed by atoms with Crippen LogP contribution in [-0.4, -0.2) is 27.0 Å². The highest BCUT2D eigenvalue weighted by molar-refractivity contribution is 6.31. The number of hydrogen-bond acceptors (Lipinski definition) is 4. The van der Waals surface area contributed by atoms with Crippen LogP contribution in [0.5, 0.6) is 5.75 Å². The molecule has 5 aromatic rings. The maximum atomic E-state index is 13.4. The second kappa shape index (κ2) is 8.64. The third-order valence-corrected chi connectivity index (χ3v) is 5.67. The van der Waals surface area contributed by atoms with Gasteiger partial charge >= 0.3 is 0 Å². The molecule has 0 unspecified atom stereocenters. The Bertz CT molecular complexity index is 1610. The zero-order valence-corrected chi connectivity index (χ0v) is 18.7. The molecule has 3 aromatic carbocycles. The van der Waals surface area contributed by atoms with E-state index < -0.39 is 0 Å². The van der Waals surface area contributed by atoms with Crippen molar-refractivity contribution in [1.82, 2.24) is 14.0 Å². The van der Waals surface area contributed by atoms with Gasteiger partial charge in [-0.1, -0.05) is 23.7 Å². The fourth-order valence-electron chi connectivity index (χ4n) is 3.90. The number of carbonyl (C=O) groups excluding carboxylic acids is 1. The smallest absolute Gasteiger partial charge is 0.260 e. The minimum absolute atomic E-state index is 0.119. The second-order valence-electron chi connectivity index (χ2n) is 7.59. The summed E-state index contributed by atoms with van der Waals surface area (Å²) in [7, 11) is 1.50. The van der Waals surface area contributed by atoms with E-state index in [1.807, 2.05) is 18.2 Å². The first-order valence-corrected chi connectivity index (χ1v) is 10.7. The molecule has 5 rings (SSSR count). The largest absolute Gasteiger partial charge is 0.495 e. The molecule has 170 valence electrons. The molecule has 0 fully saturated rings. The molecule has 0 saturated carbocycles. The molecular formula is C25H18ClFN4O3. The first-order valence-electron chi connectivity index (χ1n) is 10.3. The van der Waals surface area contributed by atoms with Crippen molar-refractivity contribution in [3.63, 3.8) is 0 Å². The minimum atomic E-state index is -0.385. The van der Waals surface area contributed by atoms with Crippen LogP contribution in [0.15, 0.2) is 77.6 Å². The number of benzene rings is 3. The Morgan fingerprint density at radius 1 is 1.06 bits per heavy atom. The van der Waals surface area contributed by atoms with Gasteiger partial charge in [0.15, 0.2) is 0 Å². The maximum absolute atomic E-state index is 13.4. The number of fused-ring (bicyclic) bond motifs is 3. The minimum Gasteiger partial charge on any atom is -0.495 e. The van der Waals surface area contributed by atoms with Crippen LogP contribution in [0.1, 0.15) is 0 Å². The van der Waals surface area contributed by atoms with Gasteiger partial charge in [-0.25, -0.2) is 13.8 Å². The average molecular weight is 477 g/mol. The Morgan fingerprint density at radius 3 is 2.53 bits per heavy atom. The van der Waals surface area contributed by atoms with Gasteiger partial charge in [0.25, 0.3) is 5.56 Å². The van der Waals surface area contributed by atoms with Crippen LogP contribution < -0.4 is 15.6 Å². The monoisotopic (exact) mass is 476 g/mol. The molecule has 1 amide bonds. The molecule has 34 heavy (non-hydrogen) atoms. The number of para-hydroxylation sites is 2. The highest BCUT2D eigenvalue weighted by Crippen LogP contribution is 2.28. The molecule has 0 atom stereocenters. The summed E-state index contributed by atoms with van der Waals surface area (Å²) in [4.78, 5) is 30.8. The highest BCUT2D eigenvalue weighted by Gasteiger charge is 2.18. The van der Waals surface area contributed by atoms with Crippen molar-refractivity contribution in [2.24, 2.45) is 0 Å². The van der Waals surface area contributed by atoms with Crippen LogP contribution in [0.4, 0.5) is 10.1 Å². The van der Waals surface area contributed by atoms with E-state index in [1.165, 1.54) is 29.7 Å². The molecule has 0 aliphatic carbocycles. The maximum Gasteiger partial charge on any atom is 0.260 e. The number of methoxy groups -OCH3 is 1. The van der Waals surface area contributed by atoms with Crippen molar-refractivity contribution < 1.29 is 13.9 Å². The van der Waals surface area contributed by atoms with E-state index in [2.05, 4.69) is 10.3 Å². The third kappa shape index (κ3) is 3.88. The summed E-state index contributed by atoms with van der Waals surface area (Å²) in [6.45, 7) is -0.119. The van der Waals surface area contributed by atoms with Crippen molar-refractivity contribution >= 4 is 40.0 Å². The van der Waals surface area contributed by atoms with Gasteiger partial charge in [0.05, 0.1) is 29.5 Å². The Labute approximate surface area is 198 Å². The van der Waals surface area contributed by atoms with Crippen LogP contribution in [-0.2, 0) is 11.3 Å². The molecule has 0 aliphatic rings.